The lowest BCUT2D eigenvalue weighted by atomic mass is 9.79. The van der Waals surface area contributed by atoms with Gasteiger partial charge in [0, 0.05) is 17.6 Å². The fourth-order valence-electron chi connectivity index (χ4n) is 8.19. The Balaban J connectivity index is 1.31. The van der Waals surface area contributed by atoms with Crippen LogP contribution in [-0.2, 0) is 20.0 Å². The van der Waals surface area contributed by atoms with Crippen LogP contribution >= 0.6 is 7.87 Å². The van der Waals surface area contributed by atoms with Crippen LogP contribution in [0.1, 0.15) is 60.8 Å². The minimum atomic E-state index is -3.90. The monoisotopic (exact) mass is 873 g/mol. The minimum Gasteiger partial charge on any atom is -0.497 e. The number of hydroxylamine groups is 2. The summed E-state index contributed by atoms with van der Waals surface area (Å²) in [6.07, 6.45) is 0.804. The maximum absolute atomic E-state index is 14.5. The van der Waals surface area contributed by atoms with Gasteiger partial charge in [0.05, 0.1) is 27.2 Å². The maximum Gasteiger partial charge on any atom is 0.346 e. The zero-order valence-corrected chi connectivity index (χ0v) is 36.7. The molecule has 3 atom stereocenters. The van der Waals surface area contributed by atoms with Gasteiger partial charge < -0.3 is 24.1 Å². The molecule has 2 amide bonds. The Morgan fingerprint density at radius 3 is 1.94 bits per heavy atom. The average molecular weight is 874 g/mol. The molecule has 1 aliphatic heterocycles. The smallest absolute Gasteiger partial charge is 0.346 e. The number of imidazole rings is 1. The third kappa shape index (κ3) is 8.98. The summed E-state index contributed by atoms with van der Waals surface area (Å²) in [7, 11) is -0.727. The molecule has 3 unspecified atom stereocenters. The largest absolute Gasteiger partial charge is 0.497 e. The number of nitriles is 1. The maximum atomic E-state index is 14.5. The predicted molar refractivity (Wildman–Crippen MR) is 236 cm³/mol. The van der Waals surface area contributed by atoms with Crippen molar-refractivity contribution in [2.24, 2.45) is 0 Å². The van der Waals surface area contributed by atoms with Crippen molar-refractivity contribution in [3.05, 3.63) is 144 Å². The van der Waals surface area contributed by atoms with E-state index in [0.29, 0.717) is 17.1 Å². The lowest BCUT2D eigenvalue weighted by Gasteiger charge is -2.47. The number of benzene rings is 4. The van der Waals surface area contributed by atoms with Crippen molar-refractivity contribution in [1.29, 1.82) is 5.26 Å². The van der Waals surface area contributed by atoms with Gasteiger partial charge in [-0.3, -0.25) is 9.59 Å². The van der Waals surface area contributed by atoms with Crippen LogP contribution in [0, 0.1) is 11.3 Å². The van der Waals surface area contributed by atoms with Gasteiger partial charge in [0.25, 0.3) is 11.8 Å². The van der Waals surface area contributed by atoms with Crippen molar-refractivity contribution in [3.63, 3.8) is 0 Å². The van der Waals surface area contributed by atoms with E-state index in [0.717, 1.165) is 21.8 Å². The molecular formula is C46H50N8O8P+. The summed E-state index contributed by atoms with van der Waals surface area (Å²) in [6, 6.07) is 32.8. The molecule has 16 nitrogen and oxygen atoms in total. The Bertz CT molecular complexity index is 2500. The topological polar surface area (TPSA) is 197 Å². The number of carbonyl (C=O) groups excluding carboxylic acids is 2. The number of aromatic nitrogens is 4. The van der Waals surface area contributed by atoms with Crippen molar-refractivity contribution in [2.45, 2.75) is 63.6 Å². The van der Waals surface area contributed by atoms with Crippen molar-refractivity contribution < 1.29 is 38.4 Å². The number of β-lactam (4-membered cyclic amide) rings is 1. The number of nitrogens with one attached hydrogen (secondary N) is 1. The first kappa shape index (κ1) is 44.7. The summed E-state index contributed by atoms with van der Waals surface area (Å²) in [6.45, 7) is 7.16. The first-order valence-electron chi connectivity index (χ1n) is 20.4. The van der Waals surface area contributed by atoms with E-state index in [4.69, 9.17) is 19.0 Å². The van der Waals surface area contributed by atoms with Crippen molar-refractivity contribution in [1.82, 2.24) is 29.3 Å². The number of hydrogen-bond acceptors (Lipinski definition) is 13. The van der Waals surface area contributed by atoms with Gasteiger partial charge in [-0.05, 0) is 80.8 Å². The van der Waals surface area contributed by atoms with E-state index in [1.54, 1.807) is 53.8 Å². The number of methoxy groups -OCH3 is 2. The molecule has 3 N–H and O–H groups in total. The normalized spacial score (nSPS) is 16.0. The number of anilines is 1. The number of fused-ring (bicyclic) bond motifs is 1. The van der Waals surface area contributed by atoms with E-state index in [1.165, 1.54) is 12.7 Å². The molecule has 326 valence electrons. The molecule has 1 fully saturated rings. The van der Waals surface area contributed by atoms with Gasteiger partial charge >= 0.3 is 7.87 Å². The van der Waals surface area contributed by atoms with Gasteiger partial charge in [0.2, 0.25) is 6.10 Å². The second kappa shape index (κ2) is 19.0. The molecule has 0 aliphatic carbocycles. The van der Waals surface area contributed by atoms with Gasteiger partial charge in [-0.1, -0.05) is 72.8 Å². The third-order valence-electron chi connectivity index (χ3n) is 10.9. The molecule has 0 bridgehead atoms. The molecule has 1 saturated heterocycles. The van der Waals surface area contributed by atoms with E-state index in [2.05, 4.69) is 20.3 Å². The van der Waals surface area contributed by atoms with Crippen LogP contribution in [0.2, 0.25) is 0 Å². The molecule has 17 heteroatoms. The number of carbonyl (C=O) groups is 2. The SMILES string of the molecule is COc1ccc(C(OCC2C(n3cnc4c(NC(=O)c5ccccc5)ncnc43)C(=O)N2OC(C#N)C[P+](O)(O)N(C(C)C)C(C)C)(c2ccccc2)c2ccc(OC)cc2)cc1. The van der Waals surface area contributed by atoms with Gasteiger partial charge in [0.15, 0.2) is 23.1 Å². The Morgan fingerprint density at radius 1 is 0.841 bits per heavy atom. The summed E-state index contributed by atoms with van der Waals surface area (Å²) in [5.41, 5.74) is 1.82. The highest BCUT2D eigenvalue weighted by molar-refractivity contribution is 7.62. The molecule has 63 heavy (non-hydrogen) atoms. The molecule has 4 aromatic carbocycles. The van der Waals surface area contributed by atoms with Crippen LogP contribution in [0.25, 0.3) is 11.2 Å². The lowest BCUT2D eigenvalue weighted by Crippen LogP contribution is -2.64. The van der Waals surface area contributed by atoms with Gasteiger partial charge in [-0.2, -0.15) is 5.26 Å². The van der Waals surface area contributed by atoms with Crippen molar-refractivity contribution in [3.8, 4) is 17.6 Å². The Labute approximate surface area is 366 Å². The Hall–Kier alpha value is -6.31. The van der Waals surface area contributed by atoms with Crippen LogP contribution in [0.4, 0.5) is 5.82 Å². The van der Waals surface area contributed by atoms with E-state index in [1.807, 2.05) is 113 Å². The Kier molecular flexibility index (Phi) is 13.5. The highest BCUT2D eigenvalue weighted by Gasteiger charge is 2.55. The van der Waals surface area contributed by atoms with E-state index < -0.39 is 49.6 Å². The number of nitrogens with zero attached hydrogens (tertiary/aromatic N) is 7. The molecule has 1 aliphatic rings. The summed E-state index contributed by atoms with van der Waals surface area (Å²) < 4.78 is 21.4. The van der Waals surface area contributed by atoms with E-state index >= 15 is 0 Å². The highest BCUT2D eigenvalue weighted by atomic mass is 31.2. The second-order valence-corrected chi connectivity index (χ2v) is 17.7. The third-order valence-corrected chi connectivity index (χ3v) is 13.4. The first-order valence-corrected chi connectivity index (χ1v) is 22.2. The minimum absolute atomic E-state index is 0.137. The number of rotatable bonds is 18. The molecular weight excluding hydrogens is 824 g/mol. The van der Waals surface area contributed by atoms with Crippen molar-refractivity contribution >= 4 is 36.7 Å². The second-order valence-electron chi connectivity index (χ2n) is 15.5. The van der Waals surface area contributed by atoms with E-state index in [-0.39, 0.29) is 35.7 Å². The van der Waals surface area contributed by atoms with Crippen LogP contribution < -0.4 is 14.8 Å². The van der Waals surface area contributed by atoms with Crippen LogP contribution in [0.3, 0.4) is 0 Å². The number of hydrogen-bond donors (Lipinski definition) is 3. The zero-order chi connectivity index (χ0) is 44.9. The molecule has 0 saturated carbocycles. The van der Waals surface area contributed by atoms with E-state index in [9.17, 15) is 24.6 Å². The van der Waals surface area contributed by atoms with Crippen LogP contribution in [-0.4, -0.2) is 102 Å². The predicted octanol–water partition coefficient (Wildman–Crippen LogP) is 6.55. The van der Waals surface area contributed by atoms with Crippen LogP contribution in [0.5, 0.6) is 11.5 Å². The molecule has 0 spiro atoms. The van der Waals surface area contributed by atoms with Gasteiger partial charge in [-0.25, -0.2) is 34.6 Å². The molecule has 2 aromatic heterocycles. The fraction of sp³-hybridized carbons (Fsp3) is 0.304. The number of amides is 2. The first-order chi connectivity index (χ1) is 30.3. The van der Waals surface area contributed by atoms with Crippen LogP contribution in [0.15, 0.2) is 122 Å². The summed E-state index contributed by atoms with van der Waals surface area (Å²) in [5.74, 6) is 0.428. The highest BCUT2D eigenvalue weighted by Crippen LogP contribution is 2.57. The molecule has 3 heterocycles. The Morgan fingerprint density at radius 2 is 1.40 bits per heavy atom. The molecule has 6 aromatic rings. The van der Waals surface area contributed by atoms with Gasteiger partial charge in [-0.15, -0.1) is 4.67 Å². The van der Waals surface area contributed by atoms with Crippen molar-refractivity contribution in [2.75, 3.05) is 32.3 Å². The summed E-state index contributed by atoms with van der Waals surface area (Å²) >= 11 is 0. The molecule has 0 radical (unpaired) electrons. The standard InChI is InChI=1S/C46H49N8O8P/c1-30(2)54(31(3)4)63(57,58)27-38(25-47)62-53-39(41(45(53)56)52-29-50-40-42(48-28-49-43(40)52)51-44(55)32-13-9-7-10-14-32)26-61-46(33-15-11-8-12-16-33,34-17-21-36(59-5)22-18-34)35-19-23-37(60-6)24-20-35/h7-24,28-31,38-39,41,57-58H,26-27H2,1-6H3/p+1. The quantitative estimate of drug-likeness (QED) is 0.0478. The van der Waals surface area contributed by atoms with Gasteiger partial charge in [0.1, 0.15) is 41.6 Å². The summed E-state index contributed by atoms with van der Waals surface area (Å²) in [5, 5.41) is 14.3. The lowest BCUT2D eigenvalue weighted by molar-refractivity contribution is -0.258. The molecule has 7 rings (SSSR count). The number of ether oxygens (including phenoxy) is 3. The fourth-order valence-corrected chi connectivity index (χ4v) is 10.4. The average Bonchev–Trinajstić information content (AvgIpc) is 3.72. The summed E-state index contributed by atoms with van der Waals surface area (Å²) in [4.78, 5) is 70.1. The zero-order valence-electron chi connectivity index (χ0n) is 35.8.